The predicted molar refractivity (Wildman–Crippen MR) is 130 cm³/mol. The number of nitrogens with one attached hydrogen (secondary N) is 2. The molecule has 188 valence electrons. The number of primary amides is 1. The number of carbonyl (C=O) groups is 5. The number of anilines is 1. The number of hydrogen-bond acceptors (Lipinski definition) is 7. The molecule has 2 heterocycles. The first-order valence-electron chi connectivity index (χ1n) is 11.9. The van der Waals surface area contributed by atoms with Crippen LogP contribution in [-0.2, 0) is 20.8 Å². The van der Waals surface area contributed by atoms with E-state index in [0.717, 1.165) is 29.7 Å². The number of hydrogen-bond donors (Lipinski definition) is 3. The van der Waals surface area contributed by atoms with E-state index in [-0.39, 0.29) is 30.4 Å². The van der Waals surface area contributed by atoms with Crippen LogP contribution in [0.15, 0.2) is 42.5 Å². The van der Waals surface area contributed by atoms with Gasteiger partial charge in [-0.2, -0.15) is 0 Å². The molecule has 1 atom stereocenters. The summed E-state index contributed by atoms with van der Waals surface area (Å²) >= 11 is 0. The highest BCUT2D eigenvalue weighted by molar-refractivity contribution is 6.25. The molecule has 2 aromatic rings. The van der Waals surface area contributed by atoms with Crippen molar-refractivity contribution in [2.75, 3.05) is 18.5 Å². The molecule has 0 aliphatic carbocycles. The quantitative estimate of drug-likeness (QED) is 0.320. The lowest BCUT2D eigenvalue weighted by atomic mass is 10.0. The molecule has 5 amide bonds. The maximum absolute atomic E-state index is 13.1. The second-order valence-corrected chi connectivity index (χ2v) is 8.80. The number of nitrogens with two attached hydrogens (primary N) is 1. The molecule has 4 rings (SSSR count). The fourth-order valence-electron chi connectivity index (χ4n) is 4.43. The highest BCUT2D eigenvalue weighted by Crippen LogP contribution is 2.32. The first-order valence-corrected chi connectivity index (χ1v) is 11.9. The number of piperidine rings is 1. The fraction of sp³-hybridized carbons (Fsp3) is 0.346. The van der Waals surface area contributed by atoms with E-state index in [1.165, 1.54) is 0 Å². The lowest BCUT2D eigenvalue weighted by molar-refractivity contribution is -0.136. The van der Waals surface area contributed by atoms with E-state index in [9.17, 15) is 24.0 Å². The second-order valence-electron chi connectivity index (χ2n) is 8.80. The van der Waals surface area contributed by atoms with E-state index in [1.807, 2.05) is 18.2 Å². The average molecular weight is 493 g/mol. The number of imide groups is 2. The summed E-state index contributed by atoms with van der Waals surface area (Å²) in [6.07, 6.45) is 2.88. The highest BCUT2D eigenvalue weighted by atomic mass is 16.5. The monoisotopic (exact) mass is 492 g/mol. The van der Waals surface area contributed by atoms with Gasteiger partial charge in [0.2, 0.25) is 17.7 Å². The van der Waals surface area contributed by atoms with Crippen LogP contribution in [0.5, 0.6) is 5.75 Å². The van der Waals surface area contributed by atoms with Crippen molar-refractivity contribution in [1.29, 1.82) is 0 Å². The Kier molecular flexibility index (Phi) is 7.62. The van der Waals surface area contributed by atoms with Gasteiger partial charge in [-0.15, -0.1) is 0 Å². The minimum Gasteiger partial charge on any atom is -0.494 e. The summed E-state index contributed by atoms with van der Waals surface area (Å²) < 4.78 is 5.75. The summed E-state index contributed by atoms with van der Waals surface area (Å²) in [5.41, 5.74) is 7.09. The summed E-state index contributed by atoms with van der Waals surface area (Å²) in [6.45, 7) is 1.11. The van der Waals surface area contributed by atoms with Gasteiger partial charge in [0.05, 0.1) is 24.2 Å². The van der Waals surface area contributed by atoms with Crippen molar-refractivity contribution < 1.29 is 28.7 Å². The van der Waals surface area contributed by atoms with Crippen molar-refractivity contribution in [3.05, 3.63) is 59.2 Å². The van der Waals surface area contributed by atoms with Gasteiger partial charge in [0.15, 0.2) is 0 Å². The minimum absolute atomic E-state index is 0.0808. The summed E-state index contributed by atoms with van der Waals surface area (Å²) in [4.78, 5) is 61.7. The molecule has 36 heavy (non-hydrogen) atoms. The van der Waals surface area contributed by atoms with Gasteiger partial charge in [0.25, 0.3) is 11.8 Å². The molecule has 1 fully saturated rings. The van der Waals surface area contributed by atoms with E-state index in [1.54, 1.807) is 24.3 Å². The number of benzene rings is 2. The van der Waals surface area contributed by atoms with E-state index < -0.39 is 35.6 Å². The number of rotatable bonds is 11. The maximum Gasteiger partial charge on any atom is 0.264 e. The Hall–Kier alpha value is -4.21. The van der Waals surface area contributed by atoms with Crippen LogP contribution in [-0.4, -0.2) is 53.6 Å². The van der Waals surface area contributed by atoms with Crippen LogP contribution in [0.3, 0.4) is 0 Å². The summed E-state index contributed by atoms with van der Waals surface area (Å²) in [6, 6.07) is 11.3. The number of ether oxygens (including phenoxy) is 1. The Morgan fingerprint density at radius 1 is 1.06 bits per heavy atom. The predicted octanol–water partition coefficient (Wildman–Crippen LogP) is 1.78. The van der Waals surface area contributed by atoms with E-state index in [2.05, 4.69) is 10.6 Å². The molecule has 0 saturated carbocycles. The third kappa shape index (κ3) is 5.54. The zero-order valence-corrected chi connectivity index (χ0v) is 19.7. The molecule has 2 aliphatic heterocycles. The van der Waals surface area contributed by atoms with E-state index >= 15 is 0 Å². The Labute approximate surface area is 208 Å². The molecule has 0 radical (unpaired) electrons. The molecule has 0 aromatic heterocycles. The molecule has 4 N–H and O–H groups in total. The van der Waals surface area contributed by atoms with Gasteiger partial charge in [-0.25, -0.2) is 0 Å². The maximum atomic E-state index is 13.1. The minimum atomic E-state index is -0.987. The van der Waals surface area contributed by atoms with Gasteiger partial charge in [-0.1, -0.05) is 18.2 Å². The third-order valence-corrected chi connectivity index (χ3v) is 6.15. The first kappa shape index (κ1) is 24.9. The van der Waals surface area contributed by atoms with Crippen molar-refractivity contribution in [1.82, 2.24) is 10.2 Å². The van der Waals surface area contributed by atoms with Gasteiger partial charge in [0, 0.05) is 18.7 Å². The third-order valence-electron chi connectivity index (χ3n) is 6.15. The van der Waals surface area contributed by atoms with Crippen LogP contribution in [0, 0.1) is 0 Å². The van der Waals surface area contributed by atoms with Crippen LogP contribution >= 0.6 is 0 Å². The SMILES string of the molecule is NC(=O)Cc1cccc(OCCCCCNc2cccc3c2C(=O)N(C2CCC(=O)NC2=O)C3=O)c1. The Bertz CT molecular complexity index is 1210. The van der Waals surface area contributed by atoms with Crippen LogP contribution in [0.2, 0.25) is 0 Å². The topological polar surface area (TPSA) is 148 Å². The Morgan fingerprint density at radius 2 is 1.86 bits per heavy atom. The van der Waals surface area contributed by atoms with Gasteiger partial charge in [-0.3, -0.25) is 34.2 Å². The molecule has 2 aromatic carbocycles. The van der Waals surface area contributed by atoms with Crippen molar-refractivity contribution in [2.45, 2.75) is 44.6 Å². The van der Waals surface area contributed by atoms with Crippen LogP contribution in [0.25, 0.3) is 0 Å². The smallest absolute Gasteiger partial charge is 0.264 e. The van der Waals surface area contributed by atoms with Crippen molar-refractivity contribution in [3.63, 3.8) is 0 Å². The molecule has 1 unspecified atom stereocenters. The molecular weight excluding hydrogens is 464 g/mol. The fourth-order valence-corrected chi connectivity index (χ4v) is 4.43. The van der Waals surface area contributed by atoms with Gasteiger partial charge >= 0.3 is 0 Å². The lowest BCUT2D eigenvalue weighted by Gasteiger charge is -2.27. The first-order chi connectivity index (χ1) is 17.3. The van der Waals surface area contributed by atoms with Crippen LogP contribution < -0.4 is 21.1 Å². The van der Waals surface area contributed by atoms with Crippen LogP contribution in [0.1, 0.15) is 58.4 Å². The van der Waals surface area contributed by atoms with Gasteiger partial charge < -0.3 is 15.8 Å². The Balaban J connectivity index is 1.26. The summed E-state index contributed by atoms with van der Waals surface area (Å²) in [7, 11) is 0. The normalized spacial score (nSPS) is 17.1. The molecular formula is C26H28N4O6. The zero-order chi connectivity index (χ0) is 25.7. The average Bonchev–Trinajstić information content (AvgIpc) is 3.09. The molecule has 0 bridgehead atoms. The van der Waals surface area contributed by atoms with E-state index in [0.29, 0.717) is 24.6 Å². The number of carbonyl (C=O) groups excluding carboxylic acids is 5. The van der Waals surface area contributed by atoms with Crippen LogP contribution in [0.4, 0.5) is 5.69 Å². The molecule has 0 spiro atoms. The van der Waals surface area contributed by atoms with Gasteiger partial charge in [0.1, 0.15) is 11.8 Å². The standard InChI is InChI=1S/C26H28N4O6/c27-21(31)15-16-6-4-7-17(14-16)36-13-3-1-2-12-28-19-9-5-8-18-23(19)26(35)30(25(18)34)20-10-11-22(32)29-24(20)33/h4-9,14,20,28H,1-3,10-13,15H2,(H2,27,31)(H,29,32,33). The molecule has 10 nitrogen and oxygen atoms in total. The van der Waals surface area contributed by atoms with Crippen molar-refractivity contribution in [3.8, 4) is 5.75 Å². The lowest BCUT2D eigenvalue weighted by Crippen LogP contribution is -2.54. The number of fused-ring (bicyclic) bond motifs is 1. The van der Waals surface area contributed by atoms with E-state index in [4.69, 9.17) is 10.5 Å². The highest BCUT2D eigenvalue weighted by Gasteiger charge is 2.45. The summed E-state index contributed by atoms with van der Waals surface area (Å²) in [5, 5.41) is 5.43. The zero-order valence-electron chi connectivity index (χ0n) is 19.7. The molecule has 2 aliphatic rings. The van der Waals surface area contributed by atoms with Crippen molar-refractivity contribution in [2.24, 2.45) is 5.73 Å². The second kappa shape index (κ2) is 11.0. The largest absolute Gasteiger partial charge is 0.494 e. The molecule has 1 saturated heterocycles. The summed E-state index contributed by atoms with van der Waals surface area (Å²) in [5.74, 6) is -1.78. The van der Waals surface area contributed by atoms with Crippen molar-refractivity contribution >= 4 is 35.2 Å². The Morgan fingerprint density at radius 3 is 2.64 bits per heavy atom. The molecule has 10 heteroatoms. The number of unbranched alkanes of at least 4 members (excludes halogenated alkanes) is 2. The number of nitrogens with zero attached hydrogens (tertiary/aromatic N) is 1. The number of amides is 5. The van der Waals surface area contributed by atoms with Gasteiger partial charge in [-0.05, 0) is 55.5 Å².